The summed E-state index contributed by atoms with van der Waals surface area (Å²) in [5.41, 5.74) is 7.89. The Morgan fingerprint density at radius 3 is 2.38 bits per heavy atom. The largest absolute Gasteiger partial charge is 0.382 e. The molecule has 3 N–H and O–H groups in total. The van der Waals surface area contributed by atoms with E-state index in [9.17, 15) is 4.39 Å². The van der Waals surface area contributed by atoms with Crippen LogP contribution in [-0.2, 0) is 0 Å². The van der Waals surface area contributed by atoms with Crippen LogP contribution in [0.4, 0.5) is 10.2 Å². The zero-order chi connectivity index (χ0) is 15.0. The molecule has 0 aliphatic carbocycles. The van der Waals surface area contributed by atoms with Crippen LogP contribution in [0.15, 0.2) is 42.5 Å². The van der Waals surface area contributed by atoms with Gasteiger partial charge in [0.2, 0.25) is 0 Å². The van der Waals surface area contributed by atoms with E-state index < -0.39 is 5.82 Å². The highest BCUT2D eigenvalue weighted by atomic mass is 35.5. The van der Waals surface area contributed by atoms with Gasteiger partial charge in [-0.25, -0.2) is 4.39 Å². The smallest absolute Gasteiger partial charge is 0.153 e. The molecule has 0 amide bonds. The van der Waals surface area contributed by atoms with Crippen LogP contribution >= 0.6 is 23.2 Å². The number of nitrogen functional groups attached to an aromatic ring is 1. The molecule has 0 saturated heterocycles. The van der Waals surface area contributed by atoms with Gasteiger partial charge in [-0.2, -0.15) is 5.10 Å². The van der Waals surface area contributed by atoms with Crippen LogP contribution in [0.2, 0.25) is 10.0 Å². The molecule has 0 aliphatic rings. The molecule has 6 heteroatoms. The number of nitrogens with one attached hydrogen (secondary N) is 1. The fourth-order valence-electron chi connectivity index (χ4n) is 2.18. The number of nitrogens with zero attached hydrogens (tertiary/aromatic N) is 1. The Morgan fingerprint density at radius 2 is 1.62 bits per heavy atom. The van der Waals surface area contributed by atoms with Crippen LogP contribution < -0.4 is 5.73 Å². The van der Waals surface area contributed by atoms with E-state index in [2.05, 4.69) is 10.2 Å². The van der Waals surface area contributed by atoms with Crippen molar-refractivity contribution >= 4 is 29.0 Å². The molecule has 3 aromatic rings. The van der Waals surface area contributed by atoms with E-state index in [1.807, 2.05) is 12.1 Å². The van der Waals surface area contributed by atoms with Gasteiger partial charge in [0.15, 0.2) is 11.6 Å². The van der Waals surface area contributed by atoms with Crippen molar-refractivity contribution in [1.82, 2.24) is 10.2 Å². The summed E-state index contributed by atoms with van der Waals surface area (Å²) in [6.07, 6.45) is 0. The van der Waals surface area contributed by atoms with Gasteiger partial charge >= 0.3 is 0 Å². The molecule has 1 aromatic heterocycles. The van der Waals surface area contributed by atoms with Crippen molar-refractivity contribution < 1.29 is 4.39 Å². The first-order valence-corrected chi connectivity index (χ1v) is 6.88. The van der Waals surface area contributed by atoms with Crippen molar-refractivity contribution in [2.45, 2.75) is 0 Å². The van der Waals surface area contributed by atoms with E-state index in [0.717, 1.165) is 0 Å². The number of hydrogen-bond donors (Lipinski definition) is 2. The molecule has 21 heavy (non-hydrogen) atoms. The van der Waals surface area contributed by atoms with Gasteiger partial charge in [-0.15, -0.1) is 0 Å². The fourth-order valence-corrected chi connectivity index (χ4v) is 2.59. The van der Waals surface area contributed by atoms with E-state index in [-0.39, 0.29) is 10.8 Å². The van der Waals surface area contributed by atoms with E-state index in [4.69, 9.17) is 28.9 Å². The Kier molecular flexibility index (Phi) is 3.57. The summed E-state index contributed by atoms with van der Waals surface area (Å²) in [4.78, 5) is 0. The summed E-state index contributed by atoms with van der Waals surface area (Å²) in [5.74, 6) is -0.284. The van der Waals surface area contributed by atoms with Crippen LogP contribution in [0.1, 0.15) is 0 Å². The Hall–Kier alpha value is -2.04. The molecule has 106 valence electrons. The molecule has 0 aliphatic heterocycles. The maximum atomic E-state index is 14.2. The molecule has 0 atom stereocenters. The van der Waals surface area contributed by atoms with Gasteiger partial charge in [0.1, 0.15) is 0 Å². The minimum Gasteiger partial charge on any atom is -0.382 e. The molecule has 0 radical (unpaired) electrons. The molecule has 0 spiro atoms. The van der Waals surface area contributed by atoms with Crippen molar-refractivity contribution in [2.24, 2.45) is 0 Å². The molecular formula is C15H10Cl2FN3. The fraction of sp³-hybridized carbons (Fsp3) is 0. The van der Waals surface area contributed by atoms with Gasteiger partial charge in [0.25, 0.3) is 0 Å². The van der Waals surface area contributed by atoms with Gasteiger partial charge in [0, 0.05) is 16.1 Å². The summed E-state index contributed by atoms with van der Waals surface area (Å²) in [6.45, 7) is 0. The van der Waals surface area contributed by atoms with Crippen LogP contribution in [-0.4, -0.2) is 10.2 Å². The summed E-state index contributed by atoms with van der Waals surface area (Å²) in [6, 6.07) is 11.9. The molecule has 2 aromatic carbocycles. The highest BCUT2D eigenvalue weighted by Crippen LogP contribution is 2.39. The Labute approximate surface area is 130 Å². The second kappa shape index (κ2) is 5.39. The first kappa shape index (κ1) is 13.9. The number of benzene rings is 2. The molecule has 0 bridgehead atoms. The standard InChI is InChI=1S/C15H10Cl2FN3/c16-10-6-2-1-4-8(10)12-14(20-21-15(12)19)9-5-3-7-11(17)13(9)18/h1-7H,(H3,19,20,21). The zero-order valence-corrected chi connectivity index (χ0v) is 12.2. The van der Waals surface area contributed by atoms with Gasteiger partial charge in [-0.3, -0.25) is 5.10 Å². The minimum absolute atomic E-state index is 0.0331. The Morgan fingerprint density at radius 1 is 0.952 bits per heavy atom. The van der Waals surface area contributed by atoms with Crippen molar-refractivity contribution in [2.75, 3.05) is 5.73 Å². The third-order valence-electron chi connectivity index (χ3n) is 3.16. The summed E-state index contributed by atoms with van der Waals surface area (Å²) in [7, 11) is 0. The van der Waals surface area contributed by atoms with E-state index in [1.165, 1.54) is 6.07 Å². The molecule has 0 fully saturated rings. The lowest BCUT2D eigenvalue weighted by Gasteiger charge is -2.08. The number of aromatic amines is 1. The van der Waals surface area contributed by atoms with Gasteiger partial charge < -0.3 is 5.73 Å². The molecule has 3 nitrogen and oxygen atoms in total. The molecular weight excluding hydrogens is 312 g/mol. The monoisotopic (exact) mass is 321 g/mol. The normalized spacial score (nSPS) is 10.8. The van der Waals surface area contributed by atoms with E-state index in [0.29, 0.717) is 27.4 Å². The van der Waals surface area contributed by atoms with Crippen LogP contribution in [0, 0.1) is 5.82 Å². The molecule has 3 rings (SSSR count). The third kappa shape index (κ3) is 2.37. The lowest BCUT2D eigenvalue weighted by atomic mass is 10.0. The zero-order valence-electron chi connectivity index (χ0n) is 10.7. The SMILES string of the molecule is Nc1n[nH]c(-c2cccc(Cl)c2F)c1-c1ccccc1Cl. The van der Waals surface area contributed by atoms with Crippen LogP contribution in [0.5, 0.6) is 0 Å². The highest BCUT2D eigenvalue weighted by molar-refractivity contribution is 6.33. The van der Waals surface area contributed by atoms with Crippen LogP contribution in [0.3, 0.4) is 0 Å². The number of anilines is 1. The van der Waals surface area contributed by atoms with Crippen molar-refractivity contribution in [3.63, 3.8) is 0 Å². The average molecular weight is 322 g/mol. The number of halogens is 3. The molecule has 0 saturated carbocycles. The van der Waals surface area contributed by atoms with Crippen LogP contribution in [0.25, 0.3) is 22.4 Å². The maximum Gasteiger partial charge on any atom is 0.153 e. The number of nitrogens with two attached hydrogens (primary N) is 1. The summed E-state index contributed by atoms with van der Waals surface area (Å²) >= 11 is 12.0. The van der Waals surface area contributed by atoms with Crippen molar-refractivity contribution in [3.8, 4) is 22.4 Å². The summed E-state index contributed by atoms with van der Waals surface area (Å²) in [5, 5.41) is 7.26. The number of aromatic nitrogens is 2. The van der Waals surface area contributed by atoms with E-state index >= 15 is 0 Å². The quantitative estimate of drug-likeness (QED) is 0.714. The first-order valence-electron chi connectivity index (χ1n) is 6.12. The second-order valence-electron chi connectivity index (χ2n) is 4.44. The average Bonchev–Trinajstić information content (AvgIpc) is 2.84. The lowest BCUT2D eigenvalue weighted by Crippen LogP contribution is -1.91. The summed E-state index contributed by atoms with van der Waals surface area (Å²) < 4.78 is 14.2. The first-order chi connectivity index (χ1) is 10.1. The van der Waals surface area contributed by atoms with E-state index in [1.54, 1.807) is 24.3 Å². The number of rotatable bonds is 2. The maximum absolute atomic E-state index is 14.2. The predicted octanol–water partition coefficient (Wildman–Crippen LogP) is 4.77. The molecule has 1 heterocycles. The number of hydrogen-bond acceptors (Lipinski definition) is 2. The number of H-pyrrole nitrogens is 1. The van der Waals surface area contributed by atoms with Gasteiger partial charge in [-0.05, 0) is 18.2 Å². The second-order valence-corrected chi connectivity index (χ2v) is 5.25. The predicted molar refractivity (Wildman–Crippen MR) is 83.9 cm³/mol. The highest BCUT2D eigenvalue weighted by Gasteiger charge is 2.20. The van der Waals surface area contributed by atoms with Gasteiger partial charge in [0.05, 0.1) is 16.3 Å². The van der Waals surface area contributed by atoms with Crippen molar-refractivity contribution in [3.05, 3.63) is 58.3 Å². The molecule has 0 unspecified atom stereocenters. The Bertz CT molecular complexity index is 814. The topological polar surface area (TPSA) is 54.7 Å². The minimum atomic E-state index is -0.531. The Balaban J connectivity index is 2.28. The van der Waals surface area contributed by atoms with Gasteiger partial charge in [-0.1, -0.05) is 47.5 Å². The lowest BCUT2D eigenvalue weighted by molar-refractivity contribution is 0.631. The third-order valence-corrected chi connectivity index (χ3v) is 3.78. The van der Waals surface area contributed by atoms with Crippen molar-refractivity contribution in [1.29, 1.82) is 0 Å².